The molecule has 1 heterocycles. The number of aliphatic carboxylic acids is 1. The molecule has 0 amide bonds. The van der Waals surface area contributed by atoms with Crippen LogP contribution in [-0.4, -0.2) is 11.1 Å². The molecule has 0 atom stereocenters. The van der Waals surface area contributed by atoms with Gasteiger partial charge in [0.25, 0.3) is 0 Å². The van der Waals surface area contributed by atoms with E-state index < -0.39 is 5.97 Å². The van der Waals surface area contributed by atoms with Crippen molar-refractivity contribution in [2.75, 3.05) is 0 Å². The van der Waals surface area contributed by atoms with E-state index in [-0.39, 0.29) is 13.0 Å². The van der Waals surface area contributed by atoms with E-state index in [0.717, 1.165) is 38.8 Å². The van der Waals surface area contributed by atoms with Crippen molar-refractivity contribution >= 4 is 16.9 Å². The second-order valence-corrected chi connectivity index (χ2v) is 7.30. The molecule has 0 radical (unpaired) electrons. The first kappa shape index (κ1) is 19.7. The number of hydrogen-bond donors (Lipinski definition) is 2. The lowest BCUT2D eigenvalue weighted by atomic mass is 9.96. The maximum atomic E-state index is 11.1. The zero-order valence-corrected chi connectivity index (χ0v) is 16.7. The number of fused-ring (bicyclic) bond motifs is 1. The van der Waals surface area contributed by atoms with Crippen LogP contribution in [0.3, 0.4) is 0 Å². The summed E-state index contributed by atoms with van der Waals surface area (Å²) in [6.45, 7) is 2.84. The van der Waals surface area contributed by atoms with Gasteiger partial charge < -0.3 is 20.0 Å². The SMILES string of the molecule is Cc1cc2occ(COc3ccccc3CC(=O)O)c2cc1-c1cccc(CN)c1. The molecule has 5 heteroatoms. The predicted octanol–water partition coefficient (Wildman–Crippen LogP) is 5.07. The summed E-state index contributed by atoms with van der Waals surface area (Å²) in [6.07, 6.45) is 1.62. The molecule has 5 nitrogen and oxygen atoms in total. The van der Waals surface area contributed by atoms with Gasteiger partial charge >= 0.3 is 5.97 Å². The maximum Gasteiger partial charge on any atom is 0.307 e. The summed E-state index contributed by atoms with van der Waals surface area (Å²) < 4.78 is 11.7. The first-order chi connectivity index (χ1) is 14.5. The van der Waals surface area contributed by atoms with E-state index in [0.29, 0.717) is 17.9 Å². The molecule has 3 aromatic carbocycles. The van der Waals surface area contributed by atoms with Gasteiger partial charge in [0, 0.05) is 23.1 Å². The van der Waals surface area contributed by atoms with Gasteiger partial charge in [-0.1, -0.05) is 36.4 Å². The third kappa shape index (κ3) is 4.07. The van der Waals surface area contributed by atoms with Crippen molar-refractivity contribution in [3.05, 3.63) is 89.2 Å². The number of ether oxygens (including phenoxy) is 1. The highest BCUT2D eigenvalue weighted by atomic mass is 16.5. The number of aryl methyl sites for hydroxylation is 1. The Morgan fingerprint density at radius 1 is 1.07 bits per heavy atom. The second kappa shape index (κ2) is 8.43. The van der Waals surface area contributed by atoms with Crippen LogP contribution in [-0.2, 0) is 24.4 Å². The molecule has 3 N–H and O–H groups in total. The second-order valence-electron chi connectivity index (χ2n) is 7.30. The zero-order valence-electron chi connectivity index (χ0n) is 16.7. The van der Waals surface area contributed by atoms with Crippen LogP contribution in [0.5, 0.6) is 5.75 Å². The van der Waals surface area contributed by atoms with Crippen molar-refractivity contribution in [1.29, 1.82) is 0 Å². The Morgan fingerprint density at radius 2 is 1.90 bits per heavy atom. The van der Waals surface area contributed by atoms with E-state index in [1.807, 2.05) is 30.3 Å². The minimum absolute atomic E-state index is 0.0802. The summed E-state index contributed by atoms with van der Waals surface area (Å²) in [5.74, 6) is -0.322. The molecule has 0 bridgehead atoms. The Bertz CT molecular complexity index is 1210. The predicted molar refractivity (Wildman–Crippen MR) is 116 cm³/mol. The monoisotopic (exact) mass is 401 g/mol. The molecule has 30 heavy (non-hydrogen) atoms. The first-order valence-corrected chi connectivity index (χ1v) is 9.77. The van der Waals surface area contributed by atoms with Crippen molar-refractivity contribution in [3.8, 4) is 16.9 Å². The number of carboxylic acid groups (broad SMARTS) is 1. The maximum absolute atomic E-state index is 11.1. The molecular weight excluding hydrogens is 378 g/mol. The Balaban J connectivity index is 1.66. The van der Waals surface area contributed by atoms with E-state index in [2.05, 4.69) is 25.1 Å². The summed E-state index contributed by atoms with van der Waals surface area (Å²) in [6, 6.07) is 19.6. The molecular formula is C25H23NO4. The lowest BCUT2D eigenvalue weighted by Crippen LogP contribution is -2.04. The van der Waals surface area contributed by atoms with Gasteiger partial charge in [-0.05, 0) is 53.4 Å². The average molecular weight is 401 g/mol. The van der Waals surface area contributed by atoms with Gasteiger partial charge in [0.1, 0.15) is 17.9 Å². The number of benzene rings is 3. The molecule has 4 aromatic rings. The quantitative estimate of drug-likeness (QED) is 0.451. The Labute approximate surface area is 174 Å². The first-order valence-electron chi connectivity index (χ1n) is 9.77. The summed E-state index contributed by atoms with van der Waals surface area (Å²) in [5, 5.41) is 10.1. The molecule has 0 aliphatic rings. The fourth-order valence-corrected chi connectivity index (χ4v) is 3.63. The van der Waals surface area contributed by atoms with Gasteiger partial charge in [-0.15, -0.1) is 0 Å². The van der Waals surface area contributed by atoms with Crippen LogP contribution >= 0.6 is 0 Å². The third-order valence-corrected chi connectivity index (χ3v) is 5.17. The third-order valence-electron chi connectivity index (χ3n) is 5.17. The molecule has 152 valence electrons. The van der Waals surface area contributed by atoms with Gasteiger partial charge in [-0.3, -0.25) is 4.79 Å². The standard InChI is InChI=1S/C25H23NO4/c1-16-9-24-22(12-21(16)18-7-4-5-17(10-18)13-26)20(15-30-24)14-29-23-8-3-2-6-19(23)11-25(27)28/h2-10,12,15H,11,13-14,26H2,1H3,(H,27,28). The minimum Gasteiger partial charge on any atom is -0.488 e. The van der Waals surface area contributed by atoms with Crippen LogP contribution in [0.15, 0.2) is 71.3 Å². The van der Waals surface area contributed by atoms with Gasteiger partial charge in [-0.25, -0.2) is 0 Å². The Kier molecular flexibility index (Phi) is 5.55. The molecule has 0 saturated carbocycles. The molecule has 0 spiro atoms. The van der Waals surface area contributed by atoms with Crippen molar-refractivity contribution < 1.29 is 19.1 Å². The van der Waals surface area contributed by atoms with Gasteiger partial charge in [0.15, 0.2) is 0 Å². The summed E-state index contributed by atoms with van der Waals surface area (Å²) in [5.41, 5.74) is 12.6. The minimum atomic E-state index is -0.889. The van der Waals surface area contributed by atoms with Crippen LogP contribution in [0.4, 0.5) is 0 Å². The van der Waals surface area contributed by atoms with Crippen LogP contribution in [0, 0.1) is 6.92 Å². The van der Waals surface area contributed by atoms with E-state index in [4.69, 9.17) is 20.0 Å². The summed E-state index contributed by atoms with van der Waals surface area (Å²) in [4.78, 5) is 11.1. The van der Waals surface area contributed by atoms with E-state index >= 15 is 0 Å². The number of hydrogen-bond acceptors (Lipinski definition) is 4. The van der Waals surface area contributed by atoms with Crippen molar-refractivity contribution in [3.63, 3.8) is 0 Å². The molecule has 4 rings (SSSR count). The highest BCUT2D eigenvalue weighted by Gasteiger charge is 2.13. The number of carboxylic acids is 1. The smallest absolute Gasteiger partial charge is 0.307 e. The van der Waals surface area contributed by atoms with Gasteiger partial charge in [0.2, 0.25) is 0 Å². The molecule has 0 saturated heterocycles. The summed E-state index contributed by atoms with van der Waals surface area (Å²) >= 11 is 0. The van der Waals surface area contributed by atoms with Gasteiger partial charge in [-0.2, -0.15) is 0 Å². The lowest BCUT2D eigenvalue weighted by Gasteiger charge is -2.11. The number of rotatable bonds is 7. The molecule has 0 unspecified atom stereocenters. The van der Waals surface area contributed by atoms with Crippen LogP contribution in [0.1, 0.15) is 22.3 Å². The Morgan fingerprint density at radius 3 is 2.70 bits per heavy atom. The van der Waals surface area contributed by atoms with Crippen LogP contribution in [0.2, 0.25) is 0 Å². The topological polar surface area (TPSA) is 85.7 Å². The van der Waals surface area contributed by atoms with E-state index in [1.165, 1.54) is 0 Å². The number of carbonyl (C=O) groups is 1. The fraction of sp³-hybridized carbons (Fsp3) is 0.160. The Hall–Kier alpha value is -3.57. The number of nitrogens with two attached hydrogens (primary N) is 1. The molecule has 0 fully saturated rings. The molecule has 0 aliphatic heterocycles. The van der Waals surface area contributed by atoms with E-state index in [1.54, 1.807) is 18.4 Å². The fourth-order valence-electron chi connectivity index (χ4n) is 3.63. The van der Waals surface area contributed by atoms with Crippen molar-refractivity contribution in [2.24, 2.45) is 5.73 Å². The molecule has 0 aliphatic carbocycles. The summed E-state index contributed by atoms with van der Waals surface area (Å²) in [7, 11) is 0. The van der Waals surface area contributed by atoms with Gasteiger partial charge in [0.05, 0.1) is 12.7 Å². The highest BCUT2D eigenvalue weighted by Crippen LogP contribution is 2.32. The lowest BCUT2D eigenvalue weighted by molar-refractivity contribution is -0.136. The van der Waals surface area contributed by atoms with Crippen LogP contribution < -0.4 is 10.5 Å². The normalized spacial score (nSPS) is 11.0. The average Bonchev–Trinajstić information content (AvgIpc) is 3.13. The van der Waals surface area contributed by atoms with Crippen LogP contribution in [0.25, 0.3) is 22.1 Å². The van der Waals surface area contributed by atoms with Crippen molar-refractivity contribution in [2.45, 2.75) is 26.5 Å². The van der Waals surface area contributed by atoms with E-state index in [9.17, 15) is 4.79 Å². The zero-order chi connectivity index (χ0) is 21.1. The highest BCUT2D eigenvalue weighted by molar-refractivity contribution is 5.88. The number of furan rings is 1. The largest absolute Gasteiger partial charge is 0.488 e. The van der Waals surface area contributed by atoms with Crippen molar-refractivity contribution in [1.82, 2.24) is 0 Å². The molecule has 1 aromatic heterocycles. The number of para-hydroxylation sites is 1.